The Hall–Kier alpha value is -2.59. The first-order valence-corrected chi connectivity index (χ1v) is 9.29. The summed E-state index contributed by atoms with van der Waals surface area (Å²) in [5, 5.41) is 17.1. The molecule has 1 aromatic heterocycles. The Morgan fingerprint density at radius 1 is 1.19 bits per heavy atom. The summed E-state index contributed by atoms with van der Waals surface area (Å²) in [6, 6.07) is 16.2. The number of phenols is 1. The Morgan fingerprint density at radius 2 is 2.04 bits per heavy atom. The van der Waals surface area contributed by atoms with Gasteiger partial charge in [-0.15, -0.1) is 0 Å². The molecule has 1 aliphatic heterocycles. The molecular formula is C22H25N3O. The van der Waals surface area contributed by atoms with E-state index in [1.165, 1.54) is 40.8 Å². The average molecular weight is 347 g/mol. The topological polar surface area (TPSA) is 52.2 Å². The highest BCUT2D eigenvalue weighted by atomic mass is 16.3. The molecule has 0 unspecified atom stereocenters. The van der Waals surface area contributed by atoms with Gasteiger partial charge >= 0.3 is 0 Å². The van der Waals surface area contributed by atoms with E-state index in [-0.39, 0.29) is 0 Å². The maximum atomic E-state index is 9.46. The van der Waals surface area contributed by atoms with Crippen molar-refractivity contribution in [1.82, 2.24) is 15.1 Å². The summed E-state index contributed by atoms with van der Waals surface area (Å²) in [6.45, 7) is 5.20. The highest BCUT2D eigenvalue weighted by Crippen LogP contribution is 2.33. The van der Waals surface area contributed by atoms with Crippen molar-refractivity contribution >= 4 is 0 Å². The molecule has 0 bridgehead atoms. The van der Waals surface area contributed by atoms with Gasteiger partial charge in [-0.3, -0.25) is 10.00 Å². The molecule has 134 valence electrons. The number of hydrogen-bond donors (Lipinski definition) is 2. The minimum atomic E-state index is 0.325. The number of benzene rings is 2. The van der Waals surface area contributed by atoms with Crippen LogP contribution in [0, 0.1) is 6.92 Å². The zero-order valence-corrected chi connectivity index (χ0v) is 15.2. The van der Waals surface area contributed by atoms with Crippen molar-refractivity contribution in [1.29, 1.82) is 0 Å². The number of phenolic OH excluding ortho intramolecular Hbond substituents is 1. The van der Waals surface area contributed by atoms with Crippen molar-refractivity contribution in [3.05, 3.63) is 71.5 Å². The van der Waals surface area contributed by atoms with Gasteiger partial charge in [0.15, 0.2) is 0 Å². The van der Waals surface area contributed by atoms with Crippen LogP contribution in [-0.4, -0.2) is 33.3 Å². The van der Waals surface area contributed by atoms with Crippen LogP contribution in [0.2, 0.25) is 0 Å². The van der Waals surface area contributed by atoms with Gasteiger partial charge < -0.3 is 5.11 Å². The molecule has 4 rings (SSSR count). The van der Waals surface area contributed by atoms with E-state index in [1.807, 2.05) is 18.3 Å². The van der Waals surface area contributed by atoms with Gasteiger partial charge in [-0.1, -0.05) is 42.0 Å². The first kappa shape index (κ1) is 16.9. The number of aromatic nitrogens is 2. The number of aromatic amines is 1. The zero-order valence-electron chi connectivity index (χ0n) is 15.2. The Morgan fingerprint density at radius 3 is 2.85 bits per heavy atom. The Balaban J connectivity index is 1.52. The number of aromatic hydroxyl groups is 1. The standard InChI is InChI=1S/C22H25N3O/c1-16-4-2-5-18(12-16)21-13-23-24-22(21)19-6-3-11-25(15-19)14-17-7-9-20(26)10-8-17/h2,4-5,7-10,12-13,19,26H,3,6,11,14-15H2,1H3,(H,23,24)/t19-/m0/s1. The fraction of sp³-hybridized carbons (Fsp3) is 0.318. The first-order valence-electron chi connectivity index (χ1n) is 9.29. The molecule has 0 radical (unpaired) electrons. The Labute approximate surface area is 154 Å². The fourth-order valence-corrected chi connectivity index (χ4v) is 3.94. The first-order chi connectivity index (χ1) is 12.7. The van der Waals surface area contributed by atoms with Crippen molar-refractivity contribution in [2.75, 3.05) is 13.1 Å². The smallest absolute Gasteiger partial charge is 0.115 e. The maximum Gasteiger partial charge on any atom is 0.115 e. The predicted octanol–water partition coefficient (Wildman–Crippen LogP) is 4.47. The number of rotatable bonds is 4. The molecular weight excluding hydrogens is 322 g/mol. The number of piperidine rings is 1. The van der Waals surface area contributed by atoms with E-state index in [0.717, 1.165) is 19.6 Å². The molecule has 1 fully saturated rings. The highest BCUT2D eigenvalue weighted by Gasteiger charge is 2.25. The number of nitrogens with one attached hydrogen (secondary N) is 1. The van der Waals surface area contributed by atoms with Crippen molar-refractivity contribution in [2.24, 2.45) is 0 Å². The maximum absolute atomic E-state index is 9.46. The largest absolute Gasteiger partial charge is 0.508 e. The van der Waals surface area contributed by atoms with E-state index in [9.17, 15) is 5.11 Å². The third-order valence-electron chi connectivity index (χ3n) is 5.25. The number of likely N-dealkylation sites (tertiary alicyclic amines) is 1. The van der Waals surface area contributed by atoms with Crippen LogP contribution in [0.15, 0.2) is 54.7 Å². The van der Waals surface area contributed by atoms with E-state index in [2.05, 4.69) is 46.3 Å². The summed E-state index contributed by atoms with van der Waals surface area (Å²) in [5.74, 6) is 0.796. The van der Waals surface area contributed by atoms with Gasteiger partial charge in [0.2, 0.25) is 0 Å². The van der Waals surface area contributed by atoms with Crippen molar-refractivity contribution < 1.29 is 5.11 Å². The molecule has 1 atom stereocenters. The molecule has 0 spiro atoms. The monoisotopic (exact) mass is 347 g/mol. The minimum Gasteiger partial charge on any atom is -0.508 e. The summed E-state index contributed by atoms with van der Waals surface area (Å²) < 4.78 is 0. The molecule has 1 aliphatic rings. The van der Waals surface area contributed by atoms with E-state index in [0.29, 0.717) is 11.7 Å². The molecule has 4 nitrogen and oxygen atoms in total. The fourth-order valence-electron chi connectivity index (χ4n) is 3.94. The number of hydrogen-bond acceptors (Lipinski definition) is 3. The summed E-state index contributed by atoms with van der Waals surface area (Å²) >= 11 is 0. The Bertz CT molecular complexity index is 869. The lowest BCUT2D eigenvalue weighted by Crippen LogP contribution is -2.34. The van der Waals surface area contributed by atoms with E-state index in [1.54, 1.807) is 12.1 Å². The predicted molar refractivity (Wildman–Crippen MR) is 104 cm³/mol. The van der Waals surface area contributed by atoms with Crippen LogP contribution < -0.4 is 0 Å². The summed E-state index contributed by atoms with van der Waals surface area (Å²) in [5.41, 5.74) is 6.24. The SMILES string of the molecule is Cc1cccc(-c2cn[nH]c2[C@H]2CCCN(Cc3ccc(O)cc3)C2)c1. The second-order valence-electron chi connectivity index (χ2n) is 7.31. The second-order valence-corrected chi connectivity index (χ2v) is 7.31. The summed E-state index contributed by atoms with van der Waals surface area (Å²) in [7, 11) is 0. The van der Waals surface area contributed by atoms with Crippen LogP contribution in [0.5, 0.6) is 5.75 Å². The minimum absolute atomic E-state index is 0.325. The molecule has 2 heterocycles. The van der Waals surface area contributed by atoms with Gasteiger partial charge in [0.05, 0.1) is 6.20 Å². The third-order valence-corrected chi connectivity index (χ3v) is 5.25. The second kappa shape index (κ2) is 7.34. The summed E-state index contributed by atoms with van der Waals surface area (Å²) in [4.78, 5) is 2.50. The lowest BCUT2D eigenvalue weighted by molar-refractivity contribution is 0.198. The molecule has 4 heteroatoms. The molecule has 0 aliphatic carbocycles. The van der Waals surface area contributed by atoms with E-state index < -0.39 is 0 Å². The van der Waals surface area contributed by atoms with Crippen molar-refractivity contribution in [3.63, 3.8) is 0 Å². The lowest BCUT2D eigenvalue weighted by Gasteiger charge is -2.32. The van der Waals surface area contributed by atoms with Gasteiger partial charge in [-0.05, 0) is 49.6 Å². The molecule has 2 aromatic carbocycles. The van der Waals surface area contributed by atoms with Crippen molar-refractivity contribution in [3.8, 4) is 16.9 Å². The highest BCUT2D eigenvalue weighted by molar-refractivity contribution is 5.66. The normalized spacial score (nSPS) is 18.1. The summed E-state index contributed by atoms with van der Waals surface area (Å²) in [6.07, 6.45) is 4.34. The van der Waals surface area contributed by atoms with Crippen LogP contribution >= 0.6 is 0 Å². The van der Waals surface area contributed by atoms with Crippen LogP contribution in [0.4, 0.5) is 0 Å². The number of H-pyrrole nitrogens is 1. The number of aryl methyl sites for hydroxylation is 1. The van der Waals surface area contributed by atoms with Crippen LogP contribution in [-0.2, 0) is 6.54 Å². The van der Waals surface area contributed by atoms with Crippen LogP contribution in [0.25, 0.3) is 11.1 Å². The molecule has 0 amide bonds. The van der Waals surface area contributed by atoms with Crippen LogP contribution in [0.3, 0.4) is 0 Å². The number of nitrogens with zero attached hydrogens (tertiary/aromatic N) is 2. The molecule has 2 N–H and O–H groups in total. The lowest BCUT2D eigenvalue weighted by atomic mass is 9.90. The van der Waals surface area contributed by atoms with Gasteiger partial charge in [0.25, 0.3) is 0 Å². The molecule has 3 aromatic rings. The van der Waals surface area contributed by atoms with Gasteiger partial charge in [0.1, 0.15) is 5.75 Å². The van der Waals surface area contributed by atoms with Crippen LogP contribution in [0.1, 0.15) is 35.6 Å². The molecule has 0 saturated carbocycles. The quantitative estimate of drug-likeness (QED) is 0.732. The van der Waals surface area contributed by atoms with E-state index in [4.69, 9.17) is 0 Å². The van der Waals surface area contributed by atoms with Gasteiger partial charge in [0, 0.05) is 30.3 Å². The van der Waals surface area contributed by atoms with E-state index >= 15 is 0 Å². The third kappa shape index (κ3) is 3.65. The van der Waals surface area contributed by atoms with Crippen molar-refractivity contribution in [2.45, 2.75) is 32.2 Å². The Kier molecular flexibility index (Phi) is 4.76. The zero-order chi connectivity index (χ0) is 17.9. The van der Waals surface area contributed by atoms with Gasteiger partial charge in [-0.25, -0.2) is 0 Å². The average Bonchev–Trinajstić information content (AvgIpc) is 3.14. The molecule has 1 saturated heterocycles. The molecule has 26 heavy (non-hydrogen) atoms. The van der Waals surface area contributed by atoms with Gasteiger partial charge in [-0.2, -0.15) is 5.10 Å².